The van der Waals surface area contributed by atoms with E-state index in [2.05, 4.69) is 15.6 Å². The van der Waals surface area contributed by atoms with E-state index in [0.717, 1.165) is 0 Å². The molecule has 1 aromatic heterocycles. The van der Waals surface area contributed by atoms with Gasteiger partial charge in [-0.3, -0.25) is 14.9 Å². The highest BCUT2D eigenvalue weighted by Gasteiger charge is 2.21. The molecule has 0 atom stereocenters. The van der Waals surface area contributed by atoms with Crippen LogP contribution in [-0.4, -0.2) is 44.8 Å². The van der Waals surface area contributed by atoms with E-state index in [-0.39, 0.29) is 40.7 Å². The fourth-order valence-corrected chi connectivity index (χ4v) is 3.14. The molecule has 0 aliphatic heterocycles. The lowest BCUT2D eigenvalue weighted by atomic mass is 10.1. The first-order valence-electron chi connectivity index (χ1n) is 10.3. The summed E-state index contributed by atoms with van der Waals surface area (Å²) in [7, 11) is 1.36. The van der Waals surface area contributed by atoms with Gasteiger partial charge in [0.1, 0.15) is 6.54 Å². The Labute approximate surface area is 203 Å². The number of carbonyl (C=O) groups is 2. The third-order valence-corrected chi connectivity index (χ3v) is 4.96. The van der Waals surface area contributed by atoms with Crippen molar-refractivity contribution in [1.82, 2.24) is 15.2 Å². The van der Waals surface area contributed by atoms with Crippen molar-refractivity contribution in [1.29, 1.82) is 0 Å². The number of esters is 1. The molecule has 1 N–H and O–H groups in total. The van der Waals surface area contributed by atoms with E-state index in [9.17, 15) is 29.8 Å². The third kappa shape index (κ3) is 5.85. The standard InChI is InChI=1S/C22H20N6O8/c1-13-9-20(28(33)34)25-26(13)12-21(29)24-23-11-15-7-8-18(19(10-15)35-3)36-22(30)16-5-4-6-17(14(16)2)27(31)32/h4-11H,12H2,1-3H3,(H,24,29)/b23-11-. The second kappa shape index (κ2) is 10.9. The van der Waals surface area contributed by atoms with Crippen molar-refractivity contribution in [3.05, 3.63) is 85.1 Å². The van der Waals surface area contributed by atoms with Gasteiger partial charge in [0.05, 0.1) is 40.7 Å². The lowest BCUT2D eigenvalue weighted by molar-refractivity contribution is -0.389. The Morgan fingerprint density at radius 2 is 1.86 bits per heavy atom. The molecule has 3 rings (SSSR count). The average molecular weight is 496 g/mol. The van der Waals surface area contributed by atoms with E-state index >= 15 is 0 Å². The molecule has 0 fully saturated rings. The predicted molar refractivity (Wildman–Crippen MR) is 125 cm³/mol. The number of hydrazone groups is 1. The molecule has 1 amide bonds. The van der Waals surface area contributed by atoms with Gasteiger partial charge in [-0.15, -0.1) is 0 Å². The minimum absolute atomic E-state index is 0.0392. The van der Waals surface area contributed by atoms with E-state index in [0.29, 0.717) is 11.3 Å². The monoisotopic (exact) mass is 496 g/mol. The summed E-state index contributed by atoms with van der Waals surface area (Å²) >= 11 is 0. The Morgan fingerprint density at radius 1 is 1.11 bits per heavy atom. The minimum atomic E-state index is -0.794. The maximum atomic E-state index is 12.6. The molecule has 0 unspecified atom stereocenters. The van der Waals surface area contributed by atoms with Crippen molar-refractivity contribution in [2.45, 2.75) is 20.4 Å². The molecular formula is C22H20N6O8. The molecule has 0 aliphatic carbocycles. The summed E-state index contributed by atoms with van der Waals surface area (Å²) in [5.41, 5.74) is 3.23. The smallest absolute Gasteiger partial charge is 0.390 e. The maximum absolute atomic E-state index is 12.6. The summed E-state index contributed by atoms with van der Waals surface area (Å²) in [6.45, 7) is 2.76. The van der Waals surface area contributed by atoms with E-state index in [1.807, 2.05) is 0 Å². The molecule has 0 aliphatic rings. The second-order valence-corrected chi connectivity index (χ2v) is 7.36. The summed E-state index contributed by atoms with van der Waals surface area (Å²) in [6.07, 6.45) is 1.31. The number of carbonyl (C=O) groups excluding carboxylic acids is 2. The van der Waals surface area contributed by atoms with Gasteiger partial charge in [0.25, 0.3) is 11.6 Å². The molecule has 1 heterocycles. The number of hydrogen-bond acceptors (Lipinski definition) is 10. The van der Waals surface area contributed by atoms with E-state index in [4.69, 9.17) is 9.47 Å². The van der Waals surface area contributed by atoms with Crippen LogP contribution in [0.25, 0.3) is 0 Å². The zero-order valence-corrected chi connectivity index (χ0v) is 19.3. The van der Waals surface area contributed by atoms with Crippen LogP contribution in [0.2, 0.25) is 0 Å². The zero-order chi connectivity index (χ0) is 26.4. The molecule has 186 valence electrons. The highest BCUT2D eigenvalue weighted by molar-refractivity contribution is 5.94. The Hall–Kier alpha value is -5.14. The van der Waals surface area contributed by atoms with E-state index in [1.165, 1.54) is 61.3 Å². The molecule has 36 heavy (non-hydrogen) atoms. The van der Waals surface area contributed by atoms with Gasteiger partial charge in [0, 0.05) is 11.6 Å². The highest BCUT2D eigenvalue weighted by Crippen LogP contribution is 2.29. The summed E-state index contributed by atoms with van der Waals surface area (Å²) < 4.78 is 11.8. The van der Waals surface area contributed by atoms with Gasteiger partial charge in [-0.05, 0) is 48.6 Å². The molecule has 0 saturated carbocycles. The quantitative estimate of drug-likeness (QED) is 0.153. The summed E-state index contributed by atoms with van der Waals surface area (Å²) in [6, 6.07) is 9.84. The molecule has 2 aromatic carbocycles. The first-order valence-corrected chi connectivity index (χ1v) is 10.3. The van der Waals surface area contributed by atoms with Crippen molar-refractivity contribution < 1.29 is 28.9 Å². The molecule has 0 spiro atoms. The number of rotatable bonds is 9. The zero-order valence-electron chi connectivity index (χ0n) is 19.3. The van der Waals surface area contributed by atoms with Crippen LogP contribution in [0.15, 0.2) is 47.6 Å². The number of amides is 1. The van der Waals surface area contributed by atoms with Crippen molar-refractivity contribution in [2.75, 3.05) is 7.11 Å². The average Bonchev–Trinajstić information content (AvgIpc) is 3.20. The SMILES string of the molecule is COc1cc(/C=N\NC(=O)Cn2nc([N+](=O)[O-])cc2C)ccc1OC(=O)c1cccc([N+](=O)[O-])c1C. The van der Waals surface area contributed by atoms with Crippen molar-refractivity contribution >= 4 is 29.6 Å². The van der Waals surface area contributed by atoms with Gasteiger partial charge in [0.15, 0.2) is 11.5 Å². The molecule has 0 bridgehead atoms. The van der Waals surface area contributed by atoms with Crippen LogP contribution in [0.3, 0.4) is 0 Å². The number of nitrogens with one attached hydrogen (secondary N) is 1. The van der Waals surface area contributed by atoms with Crippen LogP contribution >= 0.6 is 0 Å². The number of aromatic nitrogens is 2. The molecule has 0 radical (unpaired) electrons. The lowest BCUT2D eigenvalue weighted by Crippen LogP contribution is -2.24. The van der Waals surface area contributed by atoms with Crippen LogP contribution < -0.4 is 14.9 Å². The van der Waals surface area contributed by atoms with Crippen LogP contribution in [0.5, 0.6) is 11.5 Å². The lowest BCUT2D eigenvalue weighted by Gasteiger charge is -2.11. The van der Waals surface area contributed by atoms with Crippen molar-refractivity contribution in [2.24, 2.45) is 5.10 Å². The van der Waals surface area contributed by atoms with Crippen LogP contribution in [0, 0.1) is 34.1 Å². The Morgan fingerprint density at radius 3 is 2.50 bits per heavy atom. The molecule has 14 nitrogen and oxygen atoms in total. The maximum Gasteiger partial charge on any atom is 0.390 e. The fraction of sp³-hybridized carbons (Fsp3) is 0.182. The summed E-state index contributed by atoms with van der Waals surface area (Å²) in [4.78, 5) is 45.4. The predicted octanol–water partition coefficient (Wildman–Crippen LogP) is 2.69. The van der Waals surface area contributed by atoms with Crippen molar-refractivity contribution in [3.63, 3.8) is 0 Å². The number of benzene rings is 2. The molecular weight excluding hydrogens is 476 g/mol. The summed E-state index contributed by atoms with van der Waals surface area (Å²) in [5, 5.41) is 29.5. The number of nitro benzene ring substituents is 1. The largest absolute Gasteiger partial charge is 0.493 e. The van der Waals surface area contributed by atoms with Crippen molar-refractivity contribution in [3.8, 4) is 11.5 Å². The Balaban J connectivity index is 1.67. The number of ether oxygens (including phenoxy) is 2. The van der Waals surface area contributed by atoms with E-state index < -0.39 is 21.7 Å². The minimum Gasteiger partial charge on any atom is -0.493 e. The Bertz CT molecular complexity index is 1380. The highest BCUT2D eigenvalue weighted by atomic mass is 16.6. The first-order chi connectivity index (χ1) is 17.1. The topological polar surface area (TPSA) is 181 Å². The normalized spacial score (nSPS) is 10.8. The molecule has 3 aromatic rings. The number of aryl methyl sites for hydroxylation is 1. The second-order valence-electron chi connectivity index (χ2n) is 7.36. The van der Waals surface area contributed by atoms with E-state index in [1.54, 1.807) is 13.0 Å². The third-order valence-electron chi connectivity index (χ3n) is 4.96. The number of nitro groups is 2. The van der Waals surface area contributed by atoms with Gasteiger partial charge in [0.2, 0.25) is 0 Å². The number of hydrogen-bond donors (Lipinski definition) is 1. The van der Waals surface area contributed by atoms with Crippen LogP contribution in [0.4, 0.5) is 11.5 Å². The number of methoxy groups -OCH3 is 1. The Kier molecular flexibility index (Phi) is 7.69. The van der Waals surface area contributed by atoms with Gasteiger partial charge in [-0.1, -0.05) is 6.07 Å². The van der Waals surface area contributed by atoms with Gasteiger partial charge in [-0.2, -0.15) is 9.78 Å². The molecule has 14 heteroatoms. The van der Waals surface area contributed by atoms with Crippen LogP contribution in [-0.2, 0) is 11.3 Å². The molecule has 0 saturated heterocycles. The summed E-state index contributed by atoms with van der Waals surface area (Å²) in [5.74, 6) is -1.46. The number of nitrogens with zero attached hydrogens (tertiary/aromatic N) is 5. The van der Waals surface area contributed by atoms with Crippen LogP contribution in [0.1, 0.15) is 27.2 Å². The van der Waals surface area contributed by atoms with Gasteiger partial charge in [-0.25, -0.2) is 10.2 Å². The fourth-order valence-electron chi connectivity index (χ4n) is 3.14. The first kappa shape index (κ1) is 25.5. The van der Waals surface area contributed by atoms with Gasteiger partial charge < -0.3 is 19.6 Å². The van der Waals surface area contributed by atoms with Gasteiger partial charge >= 0.3 is 11.8 Å².